The third-order valence-corrected chi connectivity index (χ3v) is 3.23. The molecule has 0 radical (unpaired) electrons. The van der Waals surface area contributed by atoms with Gasteiger partial charge in [-0.3, -0.25) is 4.79 Å². The fraction of sp³-hybridized carbons (Fsp3) is 0.909. The van der Waals surface area contributed by atoms with E-state index in [1.165, 1.54) is 32.1 Å². The lowest BCUT2D eigenvalue weighted by Crippen LogP contribution is -2.33. The highest BCUT2D eigenvalue weighted by Crippen LogP contribution is 2.29. The normalized spacial score (nSPS) is 18.5. The van der Waals surface area contributed by atoms with Crippen LogP contribution in [0, 0.1) is 5.92 Å². The Morgan fingerprint density at radius 1 is 1.47 bits per heavy atom. The van der Waals surface area contributed by atoms with Crippen LogP contribution in [0.2, 0.25) is 0 Å². The fourth-order valence-electron chi connectivity index (χ4n) is 2.30. The summed E-state index contributed by atoms with van der Waals surface area (Å²) in [4.78, 5) is 10.7. The zero-order valence-electron chi connectivity index (χ0n) is 9.37. The zero-order chi connectivity index (χ0) is 10.4. The van der Waals surface area contributed by atoms with E-state index in [2.05, 4.69) is 5.32 Å². The number of hydrogen-bond donors (Lipinski definition) is 2. The topological polar surface area (TPSA) is 49.3 Å². The van der Waals surface area contributed by atoms with Crippen LogP contribution in [0.1, 0.15) is 44.9 Å². The number of hydrogen-bond acceptors (Lipinski definition) is 2. The van der Waals surface area contributed by atoms with Crippen LogP contribution in [0.15, 0.2) is 0 Å². The van der Waals surface area contributed by atoms with E-state index >= 15 is 0 Å². The van der Waals surface area contributed by atoms with Gasteiger partial charge in [0.15, 0.2) is 0 Å². The minimum atomic E-state index is -0.723. The third kappa shape index (κ3) is 5.38. The average Bonchev–Trinajstić information content (AvgIpc) is 2.64. The van der Waals surface area contributed by atoms with Gasteiger partial charge in [0.2, 0.25) is 0 Å². The Morgan fingerprint density at radius 3 is 2.53 bits per heavy atom. The van der Waals surface area contributed by atoms with Crippen molar-refractivity contribution in [2.45, 2.75) is 51.0 Å². The van der Waals surface area contributed by atoms with E-state index in [9.17, 15) is 4.79 Å². The van der Waals surface area contributed by atoms with E-state index in [0.717, 1.165) is 18.8 Å². The molecule has 1 fully saturated rings. The van der Waals surface area contributed by atoms with Crippen molar-refractivity contribution in [2.75, 3.05) is 7.05 Å². The lowest BCUT2D eigenvalue weighted by Gasteiger charge is -2.12. The smallest absolute Gasteiger partial charge is 0.320 e. The molecule has 0 unspecified atom stereocenters. The predicted octanol–water partition coefficient (Wildman–Crippen LogP) is 2.44. The third-order valence-electron chi connectivity index (χ3n) is 3.23. The monoisotopic (exact) mass is 235 g/mol. The van der Waals surface area contributed by atoms with Crippen LogP contribution in [0.5, 0.6) is 0 Å². The van der Waals surface area contributed by atoms with E-state index in [1.807, 2.05) is 0 Å². The molecule has 0 heterocycles. The van der Waals surface area contributed by atoms with Crippen molar-refractivity contribution in [3.63, 3.8) is 0 Å². The van der Waals surface area contributed by atoms with Crippen LogP contribution >= 0.6 is 12.4 Å². The van der Waals surface area contributed by atoms with Crippen LogP contribution in [0.4, 0.5) is 0 Å². The number of aliphatic carboxylic acids is 1. The summed E-state index contributed by atoms with van der Waals surface area (Å²) in [6.07, 6.45) is 8.49. The minimum absolute atomic E-state index is 0. The van der Waals surface area contributed by atoms with Gasteiger partial charge in [0.25, 0.3) is 0 Å². The number of rotatable bonds is 6. The van der Waals surface area contributed by atoms with Crippen LogP contribution in [-0.4, -0.2) is 24.2 Å². The molecule has 1 rings (SSSR count). The zero-order valence-corrected chi connectivity index (χ0v) is 10.2. The van der Waals surface area contributed by atoms with Gasteiger partial charge in [-0.15, -0.1) is 12.4 Å². The molecule has 0 amide bonds. The van der Waals surface area contributed by atoms with Crippen molar-refractivity contribution < 1.29 is 9.90 Å². The summed E-state index contributed by atoms with van der Waals surface area (Å²) in [5.74, 6) is 0.153. The van der Waals surface area contributed by atoms with Gasteiger partial charge in [-0.05, 0) is 19.4 Å². The van der Waals surface area contributed by atoms with Gasteiger partial charge in [0.1, 0.15) is 6.04 Å². The van der Waals surface area contributed by atoms with E-state index in [0.29, 0.717) is 0 Å². The summed E-state index contributed by atoms with van der Waals surface area (Å²) in [6, 6.07) is -0.351. The molecule has 1 saturated carbocycles. The summed E-state index contributed by atoms with van der Waals surface area (Å²) in [6.45, 7) is 0. The van der Waals surface area contributed by atoms with Crippen LogP contribution in [0.3, 0.4) is 0 Å². The molecule has 0 saturated heterocycles. The Bertz CT molecular complexity index is 181. The minimum Gasteiger partial charge on any atom is -0.480 e. The second kappa shape index (κ2) is 7.94. The summed E-state index contributed by atoms with van der Waals surface area (Å²) >= 11 is 0. The summed E-state index contributed by atoms with van der Waals surface area (Å²) in [5.41, 5.74) is 0. The van der Waals surface area contributed by atoms with Gasteiger partial charge >= 0.3 is 5.97 Å². The molecule has 1 atom stereocenters. The molecule has 1 aliphatic rings. The Labute approximate surface area is 98.0 Å². The van der Waals surface area contributed by atoms with E-state index in [4.69, 9.17) is 5.11 Å². The number of halogens is 1. The molecular formula is C11H22ClNO2. The maximum atomic E-state index is 10.7. The Kier molecular flexibility index (Phi) is 7.79. The van der Waals surface area contributed by atoms with Gasteiger partial charge in [-0.25, -0.2) is 0 Å². The second-order valence-corrected chi connectivity index (χ2v) is 4.26. The van der Waals surface area contributed by atoms with Crippen molar-refractivity contribution >= 4 is 18.4 Å². The van der Waals surface area contributed by atoms with Gasteiger partial charge < -0.3 is 10.4 Å². The van der Waals surface area contributed by atoms with Crippen LogP contribution in [0.25, 0.3) is 0 Å². The van der Waals surface area contributed by atoms with Crippen molar-refractivity contribution in [2.24, 2.45) is 5.92 Å². The first-order valence-electron chi connectivity index (χ1n) is 5.64. The molecule has 0 spiro atoms. The molecule has 0 aromatic rings. The number of nitrogens with one attached hydrogen (secondary N) is 1. The van der Waals surface area contributed by atoms with Crippen LogP contribution in [-0.2, 0) is 4.79 Å². The highest BCUT2D eigenvalue weighted by molar-refractivity contribution is 5.85. The summed E-state index contributed by atoms with van der Waals surface area (Å²) in [7, 11) is 1.72. The van der Waals surface area contributed by atoms with E-state index in [1.54, 1.807) is 7.05 Å². The fourth-order valence-corrected chi connectivity index (χ4v) is 2.30. The molecule has 3 nitrogen and oxygen atoms in total. The molecule has 0 bridgehead atoms. The SMILES string of the molecule is CN[C@@H](CCCC1CCCC1)C(=O)O.Cl. The number of carboxylic acids is 1. The lowest BCUT2D eigenvalue weighted by atomic mass is 9.99. The molecule has 0 aliphatic heterocycles. The Balaban J connectivity index is 0.00000196. The first-order chi connectivity index (χ1) is 6.74. The van der Waals surface area contributed by atoms with Crippen LogP contribution < -0.4 is 5.32 Å². The lowest BCUT2D eigenvalue weighted by molar-refractivity contribution is -0.139. The molecule has 90 valence electrons. The predicted molar refractivity (Wildman–Crippen MR) is 63.5 cm³/mol. The maximum Gasteiger partial charge on any atom is 0.320 e. The summed E-state index contributed by atoms with van der Waals surface area (Å²) in [5, 5.41) is 11.6. The average molecular weight is 236 g/mol. The molecule has 4 heteroatoms. The Morgan fingerprint density at radius 2 is 2.07 bits per heavy atom. The van der Waals surface area contributed by atoms with Crippen molar-refractivity contribution in [1.82, 2.24) is 5.32 Å². The first-order valence-corrected chi connectivity index (χ1v) is 5.64. The molecule has 0 aromatic heterocycles. The van der Waals surface area contributed by atoms with Gasteiger partial charge in [0.05, 0.1) is 0 Å². The molecule has 0 aromatic carbocycles. The maximum absolute atomic E-state index is 10.7. The second-order valence-electron chi connectivity index (χ2n) is 4.26. The number of likely N-dealkylation sites (N-methyl/N-ethyl adjacent to an activating group) is 1. The highest BCUT2D eigenvalue weighted by atomic mass is 35.5. The first kappa shape index (κ1) is 14.7. The highest BCUT2D eigenvalue weighted by Gasteiger charge is 2.17. The number of carboxylic acid groups (broad SMARTS) is 1. The summed E-state index contributed by atoms with van der Waals surface area (Å²) < 4.78 is 0. The van der Waals surface area contributed by atoms with Gasteiger partial charge in [-0.2, -0.15) is 0 Å². The largest absolute Gasteiger partial charge is 0.480 e. The Hall–Kier alpha value is -0.280. The quantitative estimate of drug-likeness (QED) is 0.744. The molecule has 1 aliphatic carbocycles. The van der Waals surface area contributed by atoms with Gasteiger partial charge in [0, 0.05) is 0 Å². The van der Waals surface area contributed by atoms with Crippen molar-refractivity contribution in [3.8, 4) is 0 Å². The molecular weight excluding hydrogens is 214 g/mol. The number of carbonyl (C=O) groups is 1. The molecule has 2 N–H and O–H groups in total. The standard InChI is InChI=1S/C11H21NO2.ClH/c1-12-10(11(13)14)8-4-7-9-5-2-3-6-9;/h9-10,12H,2-8H2,1H3,(H,13,14);1H/t10-;/m0./s1. The van der Waals surface area contributed by atoms with Crippen molar-refractivity contribution in [1.29, 1.82) is 0 Å². The molecule has 15 heavy (non-hydrogen) atoms. The van der Waals surface area contributed by atoms with E-state index < -0.39 is 5.97 Å². The van der Waals surface area contributed by atoms with Crippen molar-refractivity contribution in [3.05, 3.63) is 0 Å². The van der Waals surface area contributed by atoms with Gasteiger partial charge in [-0.1, -0.05) is 38.5 Å². The van der Waals surface area contributed by atoms with E-state index in [-0.39, 0.29) is 18.4 Å².